The summed E-state index contributed by atoms with van der Waals surface area (Å²) in [6.45, 7) is 8.83. The van der Waals surface area contributed by atoms with E-state index in [2.05, 4.69) is 26.2 Å². The predicted octanol–water partition coefficient (Wildman–Crippen LogP) is 5.74. The summed E-state index contributed by atoms with van der Waals surface area (Å²) in [5, 5.41) is 10.6. The molecule has 0 aliphatic heterocycles. The molecule has 0 aromatic carbocycles. The first-order chi connectivity index (χ1) is 11.5. The van der Waals surface area contributed by atoms with Gasteiger partial charge in [0.25, 0.3) is 0 Å². The summed E-state index contributed by atoms with van der Waals surface area (Å²) >= 11 is 0. The molecule has 1 heteroatoms. The van der Waals surface area contributed by atoms with Crippen LogP contribution in [0.4, 0.5) is 0 Å². The molecule has 0 saturated heterocycles. The Hall–Kier alpha value is -0.520. The van der Waals surface area contributed by atoms with E-state index in [0.29, 0.717) is 16.7 Å². The standard InChI is InChI=1S/C23H36O/c1-4-7-21(24)20-12-11-18-17-10-9-16-8-5-6-14-22(16,2)19(17)13-15-23(18,20)3/h7,16-21,24H,1,5-6,8-15H2,2-3H3/t16-,17+,18+,19+,20-,21?,22+,23+/m1/s1. The van der Waals surface area contributed by atoms with Gasteiger partial charge in [-0.3, -0.25) is 0 Å². The molecule has 1 N–H and O–H groups in total. The fourth-order valence-electron chi connectivity index (χ4n) is 8.13. The van der Waals surface area contributed by atoms with Gasteiger partial charge in [0.1, 0.15) is 0 Å². The molecule has 0 aromatic heterocycles. The van der Waals surface area contributed by atoms with E-state index in [4.69, 9.17) is 0 Å². The van der Waals surface area contributed by atoms with E-state index in [0.717, 1.165) is 23.7 Å². The van der Waals surface area contributed by atoms with Crippen LogP contribution in [0.5, 0.6) is 0 Å². The minimum absolute atomic E-state index is 0.337. The van der Waals surface area contributed by atoms with Gasteiger partial charge < -0.3 is 5.11 Å². The van der Waals surface area contributed by atoms with E-state index in [9.17, 15) is 5.11 Å². The summed E-state index contributed by atoms with van der Waals surface area (Å²) in [4.78, 5) is 0. The average Bonchev–Trinajstić information content (AvgIpc) is 2.92. The van der Waals surface area contributed by atoms with Crippen LogP contribution in [0.15, 0.2) is 18.4 Å². The normalized spacial score (nSPS) is 51.7. The maximum absolute atomic E-state index is 10.6. The molecule has 0 bridgehead atoms. The molecule has 24 heavy (non-hydrogen) atoms. The lowest BCUT2D eigenvalue weighted by Crippen LogP contribution is -2.53. The summed E-state index contributed by atoms with van der Waals surface area (Å²) in [6, 6.07) is 0. The molecule has 1 nitrogen and oxygen atoms in total. The highest BCUT2D eigenvalue weighted by molar-refractivity contribution is 5.11. The van der Waals surface area contributed by atoms with Gasteiger partial charge in [0, 0.05) is 0 Å². The molecule has 134 valence electrons. The van der Waals surface area contributed by atoms with Gasteiger partial charge >= 0.3 is 0 Å². The number of rotatable bonds is 2. The van der Waals surface area contributed by atoms with Crippen molar-refractivity contribution in [2.24, 2.45) is 40.4 Å². The molecule has 0 heterocycles. The molecule has 0 aromatic rings. The molecule has 4 aliphatic carbocycles. The van der Waals surface area contributed by atoms with Gasteiger partial charge in [-0.2, -0.15) is 0 Å². The van der Waals surface area contributed by atoms with Crippen LogP contribution in [0.25, 0.3) is 0 Å². The van der Waals surface area contributed by atoms with Crippen molar-refractivity contribution >= 4 is 0 Å². The average molecular weight is 329 g/mol. The number of aliphatic hydroxyl groups excluding tert-OH is 1. The van der Waals surface area contributed by atoms with Crippen molar-refractivity contribution in [3.8, 4) is 0 Å². The zero-order chi connectivity index (χ0) is 16.9. The number of hydrogen-bond donors (Lipinski definition) is 1. The van der Waals surface area contributed by atoms with Gasteiger partial charge in [-0.15, -0.1) is 5.73 Å². The number of hydrogen-bond acceptors (Lipinski definition) is 1. The first kappa shape index (κ1) is 16.9. The van der Waals surface area contributed by atoms with Crippen molar-refractivity contribution < 1.29 is 5.11 Å². The van der Waals surface area contributed by atoms with Crippen molar-refractivity contribution in [1.29, 1.82) is 0 Å². The zero-order valence-electron chi connectivity index (χ0n) is 15.8. The van der Waals surface area contributed by atoms with E-state index in [1.807, 2.05) is 6.08 Å². The second-order valence-electron chi connectivity index (χ2n) is 9.99. The van der Waals surface area contributed by atoms with E-state index in [-0.39, 0.29) is 6.10 Å². The van der Waals surface area contributed by atoms with Crippen LogP contribution in [-0.4, -0.2) is 11.2 Å². The van der Waals surface area contributed by atoms with Crippen LogP contribution in [0.3, 0.4) is 0 Å². The first-order valence-electron chi connectivity index (χ1n) is 10.5. The third-order valence-corrected chi connectivity index (χ3v) is 9.36. The van der Waals surface area contributed by atoms with Gasteiger partial charge in [0.2, 0.25) is 0 Å². The van der Waals surface area contributed by atoms with Crippen molar-refractivity contribution in [3.63, 3.8) is 0 Å². The lowest BCUT2D eigenvalue weighted by molar-refractivity contribution is -0.116. The maximum Gasteiger partial charge on any atom is 0.0827 e. The molecule has 4 fully saturated rings. The third kappa shape index (κ3) is 2.31. The summed E-state index contributed by atoms with van der Waals surface area (Å²) in [5.41, 5.74) is 3.80. The molecular formula is C23H36O. The minimum atomic E-state index is -0.337. The minimum Gasteiger partial charge on any atom is -0.388 e. The first-order valence-corrected chi connectivity index (χ1v) is 10.5. The molecule has 4 aliphatic rings. The SMILES string of the molecule is C=C=CC(O)[C@H]1CC[C@H]2[C@@H]3CC[C@H]4CCCC[C@]4(C)[C@H]3CC[C@]12C. The molecule has 0 spiro atoms. The van der Waals surface area contributed by atoms with Crippen LogP contribution >= 0.6 is 0 Å². The maximum atomic E-state index is 10.6. The fourth-order valence-corrected chi connectivity index (χ4v) is 8.13. The van der Waals surface area contributed by atoms with Gasteiger partial charge in [-0.05, 0) is 97.9 Å². The molecule has 4 saturated carbocycles. The Morgan fingerprint density at radius 2 is 1.75 bits per heavy atom. The van der Waals surface area contributed by atoms with Crippen LogP contribution in [0.1, 0.15) is 78.1 Å². The smallest absolute Gasteiger partial charge is 0.0827 e. The lowest BCUT2D eigenvalue weighted by atomic mass is 9.45. The number of fused-ring (bicyclic) bond motifs is 5. The molecule has 4 rings (SSSR count). The Kier molecular flexibility index (Phi) is 4.25. The highest BCUT2D eigenvalue weighted by Gasteiger charge is 2.60. The highest BCUT2D eigenvalue weighted by Crippen LogP contribution is 2.67. The van der Waals surface area contributed by atoms with Crippen molar-refractivity contribution in [1.82, 2.24) is 0 Å². The molecule has 0 radical (unpaired) electrons. The van der Waals surface area contributed by atoms with E-state index in [1.54, 1.807) is 0 Å². The summed E-state index contributed by atoms with van der Waals surface area (Å²) in [7, 11) is 0. The Morgan fingerprint density at radius 1 is 0.958 bits per heavy atom. The van der Waals surface area contributed by atoms with Crippen molar-refractivity contribution in [3.05, 3.63) is 18.4 Å². The van der Waals surface area contributed by atoms with E-state index < -0.39 is 0 Å². The Bertz CT molecular complexity index is 532. The van der Waals surface area contributed by atoms with E-state index >= 15 is 0 Å². The van der Waals surface area contributed by atoms with Gasteiger partial charge in [-0.1, -0.05) is 33.3 Å². The summed E-state index contributed by atoms with van der Waals surface area (Å²) < 4.78 is 0. The van der Waals surface area contributed by atoms with Crippen LogP contribution in [-0.2, 0) is 0 Å². The zero-order valence-corrected chi connectivity index (χ0v) is 15.8. The summed E-state index contributed by atoms with van der Waals surface area (Å²) in [5.74, 6) is 4.15. The van der Waals surface area contributed by atoms with E-state index in [1.165, 1.54) is 64.2 Å². The molecular weight excluding hydrogens is 292 g/mol. The lowest BCUT2D eigenvalue weighted by Gasteiger charge is -2.60. The van der Waals surface area contributed by atoms with Crippen molar-refractivity contribution in [2.45, 2.75) is 84.2 Å². The summed E-state index contributed by atoms with van der Waals surface area (Å²) in [6.07, 6.45) is 15.6. The predicted molar refractivity (Wildman–Crippen MR) is 99.6 cm³/mol. The third-order valence-electron chi connectivity index (χ3n) is 9.36. The largest absolute Gasteiger partial charge is 0.388 e. The van der Waals surface area contributed by atoms with Crippen LogP contribution in [0, 0.1) is 40.4 Å². The molecule has 1 unspecified atom stereocenters. The molecule has 8 atom stereocenters. The Morgan fingerprint density at radius 3 is 2.54 bits per heavy atom. The second kappa shape index (κ2) is 6.03. The van der Waals surface area contributed by atoms with Crippen LogP contribution < -0.4 is 0 Å². The fraction of sp³-hybridized carbons (Fsp3) is 0.870. The molecule has 0 amide bonds. The quantitative estimate of drug-likeness (QED) is 0.641. The number of aliphatic hydroxyl groups is 1. The monoisotopic (exact) mass is 328 g/mol. The Balaban J connectivity index is 1.60. The Labute approximate surface area is 148 Å². The van der Waals surface area contributed by atoms with Crippen LogP contribution in [0.2, 0.25) is 0 Å². The topological polar surface area (TPSA) is 20.2 Å². The van der Waals surface area contributed by atoms with Gasteiger partial charge in [-0.25, -0.2) is 0 Å². The van der Waals surface area contributed by atoms with Crippen molar-refractivity contribution in [2.75, 3.05) is 0 Å². The van der Waals surface area contributed by atoms with Gasteiger partial charge in [0.05, 0.1) is 6.10 Å². The highest BCUT2D eigenvalue weighted by atomic mass is 16.3. The second-order valence-corrected chi connectivity index (χ2v) is 9.99. The van der Waals surface area contributed by atoms with Gasteiger partial charge in [0.15, 0.2) is 0 Å².